The van der Waals surface area contributed by atoms with Gasteiger partial charge in [-0.1, -0.05) is 6.07 Å². The van der Waals surface area contributed by atoms with E-state index in [1.165, 1.54) is 17.7 Å². The molecule has 0 bridgehead atoms. The zero-order valence-corrected chi connectivity index (χ0v) is 10.7. The third-order valence-electron chi connectivity index (χ3n) is 3.55. The summed E-state index contributed by atoms with van der Waals surface area (Å²) in [4.78, 5) is 2.06. The van der Waals surface area contributed by atoms with Crippen LogP contribution in [-0.4, -0.2) is 6.54 Å². The number of aryl methyl sites for hydroxylation is 1. The topological polar surface area (TPSA) is 3.24 Å². The summed E-state index contributed by atoms with van der Waals surface area (Å²) < 4.78 is 37.7. The molecular weight excluding hydrogens is 263 g/mol. The van der Waals surface area contributed by atoms with E-state index >= 15 is 0 Å². The van der Waals surface area contributed by atoms with E-state index in [1.807, 2.05) is 18.2 Å². The summed E-state index contributed by atoms with van der Waals surface area (Å²) in [7, 11) is 0. The van der Waals surface area contributed by atoms with E-state index in [1.54, 1.807) is 0 Å². The fourth-order valence-electron chi connectivity index (χ4n) is 2.57. The van der Waals surface area contributed by atoms with E-state index in [2.05, 4.69) is 11.0 Å². The third kappa shape index (κ3) is 2.38. The molecule has 0 aliphatic carbocycles. The third-order valence-corrected chi connectivity index (χ3v) is 3.55. The molecule has 1 heterocycles. The largest absolute Gasteiger partial charge is 0.416 e. The summed E-state index contributed by atoms with van der Waals surface area (Å²) in [5.74, 6) is 0. The van der Waals surface area contributed by atoms with Gasteiger partial charge < -0.3 is 4.90 Å². The molecule has 1 radical (unpaired) electrons. The Labute approximate surface area is 115 Å². The van der Waals surface area contributed by atoms with Crippen molar-refractivity contribution >= 4 is 11.4 Å². The molecule has 103 valence electrons. The van der Waals surface area contributed by atoms with Gasteiger partial charge in [0.1, 0.15) is 0 Å². The predicted molar refractivity (Wildman–Crippen MR) is 72.0 cm³/mol. The van der Waals surface area contributed by atoms with Crippen LogP contribution in [-0.2, 0) is 12.6 Å². The maximum atomic E-state index is 12.6. The molecule has 0 spiro atoms. The van der Waals surface area contributed by atoms with Gasteiger partial charge in [0, 0.05) is 17.9 Å². The number of hydrogen-bond acceptors (Lipinski definition) is 1. The molecular formula is C16H13F3N. The number of alkyl halides is 3. The van der Waals surface area contributed by atoms with Gasteiger partial charge in [0.05, 0.1) is 5.56 Å². The van der Waals surface area contributed by atoms with Gasteiger partial charge in [-0.05, 0) is 60.9 Å². The normalized spacial score (nSPS) is 15.1. The van der Waals surface area contributed by atoms with Gasteiger partial charge in [-0.25, -0.2) is 0 Å². The number of fused-ring (bicyclic) bond motifs is 1. The highest BCUT2D eigenvalue weighted by atomic mass is 19.4. The molecule has 2 aromatic carbocycles. The maximum Gasteiger partial charge on any atom is 0.416 e. The van der Waals surface area contributed by atoms with Crippen LogP contribution in [0.25, 0.3) is 0 Å². The Kier molecular flexibility index (Phi) is 3.16. The lowest BCUT2D eigenvalue weighted by Crippen LogP contribution is -2.24. The fraction of sp³-hybridized carbons (Fsp3) is 0.250. The highest BCUT2D eigenvalue weighted by molar-refractivity contribution is 5.67. The molecule has 0 atom stereocenters. The molecule has 1 aliphatic rings. The lowest BCUT2D eigenvalue weighted by molar-refractivity contribution is -0.137. The van der Waals surface area contributed by atoms with Gasteiger partial charge in [0.25, 0.3) is 0 Å². The van der Waals surface area contributed by atoms with Crippen molar-refractivity contribution < 1.29 is 13.2 Å². The summed E-state index contributed by atoms with van der Waals surface area (Å²) >= 11 is 0. The number of anilines is 2. The average Bonchev–Trinajstić information content (AvgIpc) is 2.46. The first-order chi connectivity index (χ1) is 9.55. The minimum Gasteiger partial charge on any atom is -0.341 e. The van der Waals surface area contributed by atoms with E-state index in [4.69, 9.17) is 0 Å². The SMILES string of the molecule is FC(F)(F)c1ccc(N2CCCc3c[c]ccc32)cc1. The van der Waals surface area contributed by atoms with E-state index in [-0.39, 0.29) is 0 Å². The van der Waals surface area contributed by atoms with E-state index in [0.29, 0.717) is 0 Å². The van der Waals surface area contributed by atoms with E-state index < -0.39 is 11.7 Å². The van der Waals surface area contributed by atoms with Gasteiger partial charge in [0.15, 0.2) is 0 Å². The Hall–Kier alpha value is -1.97. The van der Waals surface area contributed by atoms with Gasteiger partial charge in [-0.2, -0.15) is 13.2 Å². The molecule has 0 saturated carbocycles. The molecule has 0 fully saturated rings. The number of halogens is 3. The maximum absolute atomic E-state index is 12.6. The molecule has 2 aromatic rings. The minimum atomic E-state index is -4.28. The van der Waals surface area contributed by atoms with Crippen molar-refractivity contribution in [2.75, 3.05) is 11.4 Å². The van der Waals surface area contributed by atoms with E-state index in [9.17, 15) is 13.2 Å². The second kappa shape index (κ2) is 4.85. The van der Waals surface area contributed by atoms with Crippen LogP contribution < -0.4 is 4.90 Å². The standard InChI is InChI=1S/C16H13F3N/c17-16(18,19)13-7-9-14(10-8-13)20-11-3-5-12-4-1-2-6-15(12)20/h2,4,6-10H,3,5,11H2. The zero-order valence-electron chi connectivity index (χ0n) is 10.7. The highest BCUT2D eigenvalue weighted by Gasteiger charge is 2.30. The first-order valence-electron chi connectivity index (χ1n) is 6.49. The summed E-state index contributed by atoms with van der Waals surface area (Å²) in [5.41, 5.74) is 2.44. The minimum absolute atomic E-state index is 0.611. The second-order valence-corrected chi connectivity index (χ2v) is 4.85. The Morgan fingerprint density at radius 3 is 2.50 bits per heavy atom. The molecule has 1 aliphatic heterocycles. The summed E-state index contributed by atoms with van der Waals surface area (Å²) in [5, 5.41) is 0. The number of nitrogens with zero attached hydrogens (tertiary/aromatic N) is 1. The molecule has 0 N–H and O–H groups in total. The van der Waals surface area contributed by atoms with Crippen LogP contribution in [0.4, 0.5) is 24.5 Å². The van der Waals surface area contributed by atoms with Gasteiger partial charge in [0.2, 0.25) is 0 Å². The Morgan fingerprint density at radius 1 is 1.05 bits per heavy atom. The Morgan fingerprint density at radius 2 is 1.80 bits per heavy atom. The number of rotatable bonds is 1. The molecule has 20 heavy (non-hydrogen) atoms. The van der Waals surface area contributed by atoms with Crippen LogP contribution in [0.1, 0.15) is 17.5 Å². The molecule has 4 heteroatoms. The lowest BCUT2D eigenvalue weighted by Gasteiger charge is -2.31. The average molecular weight is 276 g/mol. The Balaban J connectivity index is 1.95. The van der Waals surface area contributed by atoms with Crippen LogP contribution >= 0.6 is 0 Å². The number of benzene rings is 2. The van der Waals surface area contributed by atoms with Crippen molar-refractivity contribution in [3.63, 3.8) is 0 Å². The van der Waals surface area contributed by atoms with Crippen molar-refractivity contribution in [2.24, 2.45) is 0 Å². The van der Waals surface area contributed by atoms with Gasteiger partial charge >= 0.3 is 6.18 Å². The smallest absolute Gasteiger partial charge is 0.341 e. The monoisotopic (exact) mass is 276 g/mol. The van der Waals surface area contributed by atoms with Crippen molar-refractivity contribution in [2.45, 2.75) is 19.0 Å². The highest BCUT2D eigenvalue weighted by Crippen LogP contribution is 2.35. The Bertz CT molecular complexity index is 602. The van der Waals surface area contributed by atoms with Crippen LogP contribution in [0.2, 0.25) is 0 Å². The molecule has 0 aromatic heterocycles. The first-order valence-corrected chi connectivity index (χ1v) is 6.49. The van der Waals surface area contributed by atoms with Crippen molar-refractivity contribution in [3.05, 3.63) is 59.7 Å². The molecule has 1 nitrogen and oxygen atoms in total. The van der Waals surface area contributed by atoms with Gasteiger partial charge in [-0.15, -0.1) is 0 Å². The fourth-order valence-corrected chi connectivity index (χ4v) is 2.57. The molecule has 0 unspecified atom stereocenters. The van der Waals surface area contributed by atoms with Crippen LogP contribution in [0, 0.1) is 6.07 Å². The van der Waals surface area contributed by atoms with E-state index in [0.717, 1.165) is 42.9 Å². The lowest BCUT2D eigenvalue weighted by atomic mass is 10.0. The van der Waals surface area contributed by atoms with Crippen LogP contribution in [0.3, 0.4) is 0 Å². The summed E-state index contributed by atoms with van der Waals surface area (Å²) in [6.07, 6.45) is -2.30. The number of hydrogen-bond donors (Lipinski definition) is 0. The van der Waals surface area contributed by atoms with Crippen molar-refractivity contribution in [1.29, 1.82) is 0 Å². The zero-order chi connectivity index (χ0) is 14.2. The molecule has 0 saturated heterocycles. The first kappa shape index (κ1) is 13.0. The molecule has 0 amide bonds. The summed E-state index contributed by atoms with van der Waals surface area (Å²) in [6, 6.07) is 14.1. The summed E-state index contributed by atoms with van der Waals surface area (Å²) in [6.45, 7) is 0.822. The quantitative estimate of drug-likeness (QED) is 0.736. The van der Waals surface area contributed by atoms with Crippen molar-refractivity contribution in [1.82, 2.24) is 0 Å². The van der Waals surface area contributed by atoms with Crippen LogP contribution in [0.15, 0.2) is 42.5 Å². The predicted octanol–water partition coefficient (Wildman–Crippen LogP) is 4.59. The molecule has 3 rings (SSSR count). The van der Waals surface area contributed by atoms with Crippen LogP contribution in [0.5, 0.6) is 0 Å². The van der Waals surface area contributed by atoms with Crippen molar-refractivity contribution in [3.8, 4) is 0 Å². The second-order valence-electron chi connectivity index (χ2n) is 4.85. The van der Waals surface area contributed by atoms with Gasteiger partial charge in [-0.3, -0.25) is 0 Å².